The number of amides is 2. The molecule has 3 rings (SSSR count). The fraction of sp³-hybridized carbons (Fsp3) is 0.0476. The van der Waals surface area contributed by atoms with Crippen molar-refractivity contribution >= 4 is 58.7 Å². The van der Waals surface area contributed by atoms with E-state index in [-0.39, 0.29) is 17.3 Å². The maximum absolute atomic E-state index is 11.7. The summed E-state index contributed by atoms with van der Waals surface area (Å²) in [5, 5.41) is 12.8. The van der Waals surface area contributed by atoms with Crippen LogP contribution in [0.4, 0.5) is 11.4 Å². The molecule has 0 radical (unpaired) electrons. The van der Waals surface area contributed by atoms with E-state index in [2.05, 4.69) is 35.8 Å². The van der Waals surface area contributed by atoms with Crippen LogP contribution in [0.25, 0.3) is 17.6 Å². The third-order valence-electron chi connectivity index (χ3n) is 4.23. The largest absolute Gasteiger partial charge is 0.393 e. The summed E-state index contributed by atoms with van der Waals surface area (Å²) in [7, 11) is 1.52. The average molecular weight is 500 g/mol. The quantitative estimate of drug-likeness (QED) is 0.233. The van der Waals surface area contributed by atoms with E-state index in [0.717, 1.165) is 0 Å². The van der Waals surface area contributed by atoms with Crippen LogP contribution < -0.4 is 22.1 Å². The molecule has 174 valence electrons. The zero-order chi connectivity index (χ0) is 24.7. The molecule has 2 amide bonds. The van der Waals surface area contributed by atoms with Crippen LogP contribution in [0.5, 0.6) is 0 Å². The Bertz CT molecular complexity index is 1280. The number of primary amides is 1. The number of aromatic amines is 1. The number of aromatic nitrogens is 4. The molecule has 1 aromatic carbocycles. The van der Waals surface area contributed by atoms with Gasteiger partial charge in [0.1, 0.15) is 22.9 Å². The molecule has 2 heterocycles. The van der Waals surface area contributed by atoms with E-state index in [9.17, 15) is 9.59 Å². The topological polar surface area (TPSA) is 177 Å². The van der Waals surface area contributed by atoms with Gasteiger partial charge >= 0.3 is 0 Å². The van der Waals surface area contributed by atoms with Crippen LogP contribution in [0.2, 0.25) is 10.0 Å². The normalized spacial score (nSPS) is 12.1. The number of hydrogen-bond donors (Lipinski definition) is 5. The number of likely N-dealkylation sites (N-methyl/N-ethyl adjacent to an activating group) is 1. The number of halogens is 2. The first-order valence-corrected chi connectivity index (χ1v) is 10.4. The summed E-state index contributed by atoms with van der Waals surface area (Å²) in [5.74, 6) is -0.408. The Labute approximate surface area is 204 Å². The van der Waals surface area contributed by atoms with Gasteiger partial charge < -0.3 is 22.1 Å². The Morgan fingerprint density at radius 2 is 1.88 bits per heavy atom. The smallest absolute Gasteiger partial charge is 0.266 e. The first-order valence-electron chi connectivity index (χ1n) is 9.61. The number of H-pyrrole nitrogens is 1. The summed E-state index contributed by atoms with van der Waals surface area (Å²) < 4.78 is 0. The molecule has 0 saturated heterocycles. The van der Waals surface area contributed by atoms with E-state index in [1.54, 1.807) is 30.3 Å². The molecule has 0 spiro atoms. The predicted molar refractivity (Wildman–Crippen MR) is 131 cm³/mol. The van der Waals surface area contributed by atoms with Gasteiger partial charge in [0.15, 0.2) is 5.82 Å². The van der Waals surface area contributed by atoms with Crippen molar-refractivity contribution in [2.24, 2.45) is 16.5 Å². The number of carbonyl (C=O) groups excluding carboxylic acids is 2. The van der Waals surface area contributed by atoms with Crippen molar-refractivity contribution in [2.75, 3.05) is 12.4 Å². The molecular formula is C21H19Cl2N9O2. The number of benzene rings is 1. The van der Waals surface area contributed by atoms with E-state index in [0.29, 0.717) is 38.8 Å². The lowest BCUT2D eigenvalue weighted by Crippen LogP contribution is -2.25. The van der Waals surface area contributed by atoms with Gasteiger partial charge in [-0.1, -0.05) is 29.3 Å². The van der Waals surface area contributed by atoms with Gasteiger partial charge in [-0.15, -0.1) is 0 Å². The summed E-state index contributed by atoms with van der Waals surface area (Å²) >= 11 is 12.3. The Hall–Kier alpha value is -4.22. The van der Waals surface area contributed by atoms with Crippen molar-refractivity contribution in [1.82, 2.24) is 25.5 Å². The number of aliphatic imine (C=N–C) groups is 1. The summed E-state index contributed by atoms with van der Waals surface area (Å²) in [5.41, 5.74) is 12.3. The van der Waals surface area contributed by atoms with Crippen LogP contribution in [0.3, 0.4) is 0 Å². The average Bonchev–Trinajstić information content (AvgIpc) is 3.30. The van der Waals surface area contributed by atoms with E-state index in [1.165, 1.54) is 31.6 Å². The summed E-state index contributed by atoms with van der Waals surface area (Å²) in [6.07, 6.45) is 5.58. The zero-order valence-electron chi connectivity index (χ0n) is 17.7. The molecule has 3 aromatic rings. The number of nitrogens with one attached hydrogen (secondary N) is 3. The number of hydrogen-bond acceptors (Lipinski definition) is 8. The first kappa shape index (κ1) is 24.4. The van der Waals surface area contributed by atoms with Crippen LogP contribution in [0, 0.1) is 0 Å². The zero-order valence-corrected chi connectivity index (χ0v) is 19.2. The first-order chi connectivity index (χ1) is 16.3. The van der Waals surface area contributed by atoms with Gasteiger partial charge in [-0.3, -0.25) is 24.7 Å². The van der Waals surface area contributed by atoms with Crippen LogP contribution >= 0.6 is 23.2 Å². The van der Waals surface area contributed by atoms with Gasteiger partial charge in [-0.2, -0.15) is 5.10 Å². The van der Waals surface area contributed by atoms with Gasteiger partial charge in [0.25, 0.3) is 5.91 Å². The van der Waals surface area contributed by atoms with Crippen molar-refractivity contribution in [2.45, 2.75) is 0 Å². The standard InChI is InChI=1S/C21H19Cl2N9O2/c1-26-17(33)8-7-16-30-21(32-31-16)14-6-5-11(9-27-14)29-15(18(24)20(25)34)10-28-19-12(22)3-2-4-13(19)23/h2-10,29H,24H2,1H3,(H2,25,34)(H,26,33)(H,30,31,32)/b8-7-,18-15?,28-10?. The molecule has 2 aromatic heterocycles. The predicted octanol–water partition coefficient (Wildman–Crippen LogP) is 2.40. The van der Waals surface area contributed by atoms with Gasteiger partial charge in [0.2, 0.25) is 5.91 Å². The Morgan fingerprint density at radius 1 is 1.15 bits per heavy atom. The van der Waals surface area contributed by atoms with E-state index < -0.39 is 5.91 Å². The molecule has 7 N–H and O–H groups in total. The number of allylic oxidation sites excluding steroid dienone is 1. The van der Waals surface area contributed by atoms with Crippen molar-refractivity contribution in [3.05, 3.63) is 69.9 Å². The number of pyridine rings is 1. The van der Waals surface area contributed by atoms with Gasteiger partial charge in [-0.05, 0) is 30.3 Å². The van der Waals surface area contributed by atoms with Crippen LogP contribution in [-0.4, -0.2) is 45.2 Å². The lowest BCUT2D eigenvalue weighted by atomic mass is 10.2. The lowest BCUT2D eigenvalue weighted by Gasteiger charge is -2.10. The molecule has 0 aliphatic rings. The molecule has 0 aliphatic carbocycles. The molecule has 0 unspecified atom stereocenters. The molecule has 11 nitrogen and oxygen atoms in total. The number of rotatable bonds is 8. The third-order valence-corrected chi connectivity index (χ3v) is 4.84. The second-order valence-corrected chi connectivity index (χ2v) is 7.38. The molecule has 0 fully saturated rings. The molecule has 0 saturated carbocycles. The summed E-state index contributed by atoms with van der Waals surface area (Å²) in [6, 6.07) is 8.25. The third kappa shape index (κ3) is 6.18. The molecule has 34 heavy (non-hydrogen) atoms. The monoisotopic (exact) mass is 499 g/mol. The van der Waals surface area contributed by atoms with E-state index >= 15 is 0 Å². The number of para-hydroxylation sites is 1. The minimum absolute atomic E-state index is 0.123. The molecule has 13 heteroatoms. The number of carbonyl (C=O) groups is 2. The molecule has 0 aliphatic heterocycles. The minimum Gasteiger partial charge on any atom is -0.393 e. The molecule has 0 bridgehead atoms. The summed E-state index contributed by atoms with van der Waals surface area (Å²) in [4.78, 5) is 35.7. The maximum Gasteiger partial charge on any atom is 0.266 e. The lowest BCUT2D eigenvalue weighted by molar-refractivity contribution is -0.116. The van der Waals surface area contributed by atoms with Crippen molar-refractivity contribution in [3.63, 3.8) is 0 Å². The second-order valence-electron chi connectivity index (χ2n) is 6.57. The SMILES string of the molecule is CNC(=O)/C=C\c1nc(-c2ccc(NC(C=Nc3c(Cl)cccc3Cl)=C(N)C(N)=O)cn2)n[nH]1. The van der Waals surface area contributed by atoms with Crippen molar-refractivity contribution in [3.8, 4) is 11.5 Å². The Kier molecular flexibility index (Phi) is 7.96. The van der Waals surface area contributed by atoms with E-state index in [1.807, 2.05) is 0 Å². The number of nitrogens with two attached hydrogens (primary N) is 2. The summed E-state index contributed by atoms with van der Waals surface area (Å²) in [6.45, 7) is 0. The van der Waals surface area contributed by atoms with Gasteiger partial charge in [0, 0.05) is 13.1 Å². The molecular weight excluding hydrogens is 481 g/mol. The second kappa shape index (κ2) is 11.1. The van der Waals surface area contributed by atoms with Gasteiger partial charge in [0.05, 0.1) is 33.8 Å². The number of nitrogens with zero attached hydrogens (tertiary/aromatic N) is 4. The van der Waals surface area contributed by atoms with E-state index in [4.69, 9.17) is 34.7 Å². The number of anilines is 1. The highest BCUT2D eigenvalue weighted by atomic mass is 35.5. The van der Waals surface area contributed by atoms with Crippen molar-refractivity contribution < 1.29 is 9.59 Å². The Morgan fingerprint density at radius 3 is 2.50 bits per heavy atom. The minimum atomic E-state index is -0.846. The highest BCUT2D eigenvalue weighted by Crippen LogP contribution is 2.32. The Balaban J connectivity index is 1.81. The fourth-order valence-corrected chi connectivity index (χ4v) is 3.00. The highest BCUT2D eigenvalue weighted by Gasteiger charge is 2.11. The van der Waals surface area contributed by atoms with Gasteiger partial charge in [-0.25, -0.2) is 4.98 Å². The molecule has 0 atom stereocenters. The van der Waals surface area contributed by atoms with Crippen molar-refractivity contribution in [1.29, 1.82) is 0 Å². The van der Waals surface area contributed by atoms with Crippen LogP contribution in [0.15, 0.2) is 59.0 Å². The maximum atomic E-state index is 11.7. The van der Waals surface area contributed by atoms with Crippen LogP contribution in [0.1, 0.15) is 5.82 Å². The fourth-order valence-electron chi connectivity index (χ4n) is 2.50. The van der Waals surface area contributed by atoms with Crippen LogP contribution in [-0.2, 0) is 9.59 Å². The highest BCUT2D eigenvalue weighted by molar-refractivity contribution is 6.38.